The number of nitrogens with zero attached hydrogens (tertiary/aromatic N) is 2. The lowest BCUT2D eigenvalue weighted by Crippen LogP contribution is -2.14. The van der Waals surface area contributed by atoms with Crippen molar-refractivity contribution < 1.29 is 4.57 Å². The van der Waals surface area contributed by atoms with E-state index in [4.69, 9.17) is 5.26 Å². The Morgan fingerprint density at radius 3 is 1.86 bits per heavy atom. The number of hydrogen-bond donors (Lipinski definition) is 2. The van der Waals surface area contributed by atoms with E-state index in [2.05, 4.69) is 16.2 Å². The number of para-hydroxylation sites is 2. The first-order chi connectivity index (χ1) is 10.2. The highest BCUT2D eigenvalue weighted by Crippen LogP contribution is 2.55. The Bertz CT molecular complexity index is 653. The molecule has 1 aliphatic heterocycles. The second-order valence-electron chi connectivity index (χ2n) is 4.80. The first-order valence-electron chi connectivity index (χ1n) is 6.65. The van der Waals surface area contributed by atoms with Gasteiger partial charge in [0.15, 0.2) is 0 Å². The molecule has 106 valence electrons. The summed E-state index contributed by atoms with van der Waals surface area (Å²) in [7, 11) is -3.09. The van der Waals surface area contributed by atoms with Crippen LogP contribution >= 0.6 is 7.59 Å². The predicted molar refractivity (Wildman–Crippen MR) is 83.8 cm³/mol. The standard InChI is InChI=1S/C15H15N4OP/c16-11-15-12-19(15)21(20,17-13-7-3-1-4-8-13)18-14-9-5-2-6-10-14/h1-10,15H,12H2,(H2,17,18,20). The lowest BCUT2D eigenvalue weighted by atomic mass is 10.3. The zero-order valence-electron chi connectivity index (χ0n) is 11.3. The summed E-state index contributed by atoms with van der Waals surface area (Å²) in [5.74, 6) is 0. The van der Waals surface area contributed by atoms with Gasteiger partial charge in [0.2, 0.25) is 0 Å². The van der Waals surface area contributed by atoms with Crippen molar-refractivity contribution in [3.05, 3.63) is 60.7 Å². The van der Waals surface area contributed by atoms with Crippen LogP contribution in [0.25, 0.3) is 0 Å². The smallest absolute Gasteiger partial charge is 0.308 e. The van der Waals surface area contributed by atoms with Gasteiger partial charge in [0.25, 0.3) is 0 Å². The molecule has 2 atom stereocenters. The summed E-state index contributed by atoms with van der Waals surface area (Å²) in [6, 6.07) is 20.5. The fraction of sp³-hybridized carbons (Fsp3) is 0.133. The molecule has 0 spiro atoms. The second-order valence-corrected chi connectivity index (χ2v) is 6.91. The van der Waals surface area contributed by atoms with Crippen molar-refractivity contribution in [1.29, 1.82) is 5.26 Å². The molecule has 21 heavy (non-hydrogen) atoms. The first-order valence-corrected chi connectivity index (χ1v) is 8.31. The van der Waals surface area contributed by atoms with Crippen molar-refractivity contribution >= 4 is 19.0 Å². The van der Waals surface area contributed by atoms with Gasteiger partial charge in [0.05, 0.1) is 6.07 Å². The lowest BCUT2D eigenvalue weighted by molar-refractivity contribution is 0.555. The van der Waals surface area contributed by atoms with Crippen LogP contribution < -0.4 is 10.2 Å². The molecule has 0 aromatic heterocycles. The van der Waals surface area contributed by atoms with E-state index in [9.17, 15) is 4.57 Å². The van der Waals surface area contributed by atoms with Gasteiger partial charge < -0.3 is 10.2 Å². The highest BCUT2D eigenvalue weighted by atomic mass is 31.2. The molecule has 0 saturated carbocycles. The molecule has 1 fully saturated rings. The normalized spacial score (nSPS) is 20.3. The van der Waals surface area contributed by atoms with Gasteiger partial charge in [-0.3, -0.25) is 4.57 Å². The van der Waals surface area contributed by atoms with Crippen LogP contribution in [0.3, 0.4) is 0 Å². The molecule has 5 nitrogen and oxygen atoms in total. The van der Waals surface area contributed by atoms with E-state index in [0.29, 0.717) is 6.54 Å². The van der Waals surface area contributed by atoms with E-state index < -0.39 is 7.59 Å². The molecule has 0 bridgehead atoms. The van der Waals surface area contributed by atoms with Gasteiger partial charge >= 0.3 is 7.59 Å². The van der Waals surface area contributed by atoms with Crippen LogP contribution in [0.15, 0.2) is 60.7 Å². The Morgan fingerprint density at radius 2 is 1.48 bits per heavy atom. The van der Waals surface area contributed by atoms with Crippen LogP contribution in [0.2, 0.25) is 0 Å². The number of benzene rings is 2. The van der Waals surface area contributed by atoms with Crippen LogP contribution in [0.4, 0.5) is 11.4 Å². The fourth-order valence-corrected chi connectivity index (χ4v) is 4.22. The SMILES string of the molecule is N#CC1CN1P(=O)(Nc1ccccc1)Nc1ccccc1. The monoisotopic (exact) mass is 298 g/mol. The van der Waals surface area contributed by atoms with E-state index in [1.807, 2.05) is 60.7 Å². The van der Waals surface area contributed by atoms with Crippen molar-refractivity contribution in [1.82, 2.24) is 4.67 Å². The van der Waals surface area contributed by atoms with Gasteiger partial charge in [0.1, 0.15) is 6.04 Å². The van der Waals surface area contributed by atoms with Gasteiger partial charge in [-0.2, -0.15) is 9.93 Å². The zero-order chi connectivity index (χ0) is 14.7. The Kier molecular flexibility index (Phi) is 3.66. The van der Waals surface area contributed by atoms with E-state index >= 15 is 0 Å². The summed E-state index contributed by atoms with van der Waals surface area (Å²) < 4.78 is 14.9. The molecule has 1 saturated heterocycles. The van der Waals surface area contributed by atoms with E-state index in [0.717, 1.165) is 11.4 Å². The molecule has 2 aromatic rings. The molecule has 2 unspecified atom stereocenters. The third-order valence-electron chi connectivity index (χ3n) is 3.21. The maximum atomic E-state index is 13.2. The van der Waals surface area contributed by atoms with Crippen molar-refractivity contribution in [3.8, 4) is 6.07 Å². The van der Waals surface area contributed by atoms with Gasteiger partial charge in [-0.15, -0.1) is 0 Å². The van der Waals surface area contributed by atoms with Crippen molar-refractivity contribution in [2.24, 2.45) is 0 Å². The first kappa shape index (κ1) is 13.7. The third-order valence-corrected chi connectivity index (χ3v) is 5.49. The average molecular weight is 298 g/mol. The molecule has 2 N–H and O–H groups in total. The van der Waals surface area contributed by atoms with Gasteiger partial charge in [-0.1, -0.05) is 36.4 Å². The highest BCUT2D eigenvalue weighted by Gasteiger charge is 2.48. The van der Waals surface area contributed by atoms with Crippen molar-refractivity contribution in [3.63, 3.8) is 0 Å². The quantitative estimate of drug-likeness (QED) is 0.653. The van der Waals surface area contributed by atoms with Gasteiger partial charge in [0, 0.05) is 17.9 Å². The molecular formula is C15H15N4OP. The number of rotatable bonds is 5. The van der Waals surface area contributed by atoms with Gasteiger partial charge in [-0.25, -0.2) is 0 Å². The Balaban J connectivity index is 1.85. The number of nitriles is 1. The summed E-state index contributed by atoms with van der Waals surface area (Å²) in [5.41, 5.74) is 1.51. The Morgan fingerprint density at radius 1 is 1.00 bits per heavy atom. The van der Waals surface area contributed by atoms with Crippen LogP contribution in [0.5, 0.6) is 0 Å². The number of nitrogens with one attached hydrogen (secondary N) is 2. The van der Waals surface area contributed by atoms with E-state index in [-0.39, 0.29) is 6.04 Å². The molecule has 0 amide bonds. The molecule has 0 radical (unpaired) electrons. The predicted octanol–water partition coefficient (Wildman–Crippen LogP) is 3.53. The third kappa shape index (κ3) is 3.08. The summed E-state index contributed by atoms with van der Waals surface area (Å²) in [6.07, 6.45) is 0. The molecule has 1 aliphatic rings. The molecular weight excluding hydrogens is 283 g/mol. The molecule has 2 aromatic carbocycles. The molecule has 6 heteroatoms. The maximum absolute atomic E-state index is 13.2. The largest absolute Gasteiger partial charge is 0.331 e. The van der Waals surface area contributed by atoms with Gasteiger partial charge in [-0.05, 0) is 24.3 Å². The van der Waals surface area contributed by atoms with Crippen molar-refractivity contribution in [2.45, 2.75) is 6.04 Å². The second kappa shape index (κ2) is 5.61. The lowest BCUT2D eigenvalue weighted by Gasteiger charge is -2.23. The number of hydrogen-bond acceptors (Lipinski definition) is 2. The van der Waals surface area contributed by atoms with E-state index in [1.165, 1.54) is 0 Å². The summed E-state index contributed by atoms with van der Waals surface area (Å²) in [6.45, 7) is 0.507. The molecule has 3 rings (SSSR count). The molecule has 0 aliphatic carbocycles. The van der Waals surface area contributed by atoms with Crippen LogP contribution in [-0.4, -0.2) is 17.3 Å². The molecule has 1 heterocycles. The Hall–Kier alpha value is -2.28. The fourth-order valence-electron chi connectivity index (χ4n) is 2.08. The minimum Gasteiger partial charge on any atom is -0.308 e. The minimum atomic E-state index is -3.09. The average Bonchev–Trinajstić information content (AvgIpc) is 3.29. The number of anilines is 2. The summed E-state index contributed by atoms with van der Waals surface area (Å²) in [5, 5.41) is 15.1. The zero-order valence-corrected chi connectivity index (χ0v) is 12.2. The van der Waals surface area contributed by atoms with Crippen molar-refractivity contribution in [2.75, 3.05) is 16.7 Å². The maximum Gasteiger partial charge on any atom is 0.331 e. The Labute approximate surface area is 123 Å². The van der Waals surface area contributed by atoms with Crippen LogP contribution in [-0.2, 0) is 4.57 Å². The highest BCUT2D eigenvalue weighted by molar-refractivity contribution is 7.64. The minimum absolute atomic E-state index is 0.303. The van der Waals surface area contributed by atoms with Crippen LogP contribution in [0.1, 0.15) is 0 Å². The van der Waals surface area contributed by atoms with Crippen LogP contribution in [0, 0.1) is 11.3 Å². The topological polar surface area (TPSA) is 67.9 Å². The summed E-state index contributed by atoms with van der Waals surface area (Å²) in [4.78, 5) is 0. The van der Waals surface area contributed by atoms with E-state index in [1.54, 1.807) is 4.67 Å². The summed E-state index contributed by atoms with van der Waals surface area (Å²) >= 11 is 0.